The first-order chi connectivity index (χ1) is 16.5. The number of piperazine rings is 1. The van der Waals surface area contributed by atoms with Gasteiger partial charge in [0.25, 0.3) is 5.91 Å². The number of ether oxygens (including phenoxy) is 1. The van der Waals surface area contributed by atoms with E-state index < -0.39 is 0 Å². The van der Waals surface area contributed by atoms with Gasteiger partial charge >= 0.3 is 5.97 Å². The molecular weight excluding hydrogens is 430 g/mol. The van der Waals surface area contributed by atoms with Crippen LogP contribution in [0, 0.1) is 0 Å². The monoisotopic (exact) mass is 463 g/mol. The third-order valence-electron chi connectivity index (χ3n) is 6.24. The highest BCUT2D eigenvalue weighted by molar-refractivity contribution is 6.04. The Kier molecular flexibility index (Phi) is 7.92. The van der Waals surface area contributed by atoms with Crippen molar-refractivity contribution in [1.82, 2.24) is 14.8 Å². The number of carbonyl (C=O) groups is 2. The molecule has 8 heteroatoms. The van der Waals surface area contributed by atoms with Crippen LogP contribution in [0.5, 0.6) is 0 Å². The van der Waals surface area contributed by atoms with Crippen LogP contribution in [0.2, 0.25) is 0 Å². The number of hydrogen-bond acceptors (Lipinski definition) is 7. The molecule has 4 rings (SSSR count). The van der Waals surface area contributed by atoms with Crippen LogP contribution in [0.1, 0.15) is 34.0 Å². The van der Waals surface area contributed by atoms with E-state index >= 15 is 0 Å². The molecule has 34 heavy (non-hydrogen) atoms. The first-order valence-corrected chi connectivity index (χ1v) is 11.9. The number of esters is 1. The summed E-state index contributed by atoms with van der Waals surface area (Å²) in [5, 5.41) is 9.63. The standard InChI is InChI=1S/C26H33N5O3/c1-3-34-25(32)19-30-11-10-21-16-22(6-7-23(21)18-30)26(33)28-24-8-4-20(5-9-24)17-27-31-14-12-29(2)13-15-31/h4-9,16-17H,3,10-15,18-19H2,1-2H3,(H,28,33)/b27-17+. The minimum atomic E-state index is -0.196. The zero-order valence-corrected chi connectivity index (χ0v) is 20.0. The van der Waals surface area contributed by atoms with E-state index in [2.05, 4.69) is 32.3 Å². The molecular formula is C26H33N5O3. The molecule has 2 aromatic carbocycles. The first kappa shape index (κ1) is 23.9. The van der Waals surface area contributed by atoms with E-state index in [1.54, 1.807) is 0 Å². The van der Waals surface area contributed by atoms with Gasteiger partial charge in [-0.3, -0.25) is 19.5 Å². The van der Waals surface area contributed by atoms with Gasteiger partial charge in [-0.25, -0.2) is 0 Å². The van der Waals surface area contributed by atoms with Gasteiger partial charge in [0, 0.05) is 50.5 Å². The minimum absolute atomic E-state index is 0.129. The molecule has 0 radical (unpaired) electrons. The number of nitrogens with zero attached hydrogens (tertiary/aromatic N) is 4. The molecule has 0 saturated carbocycles. The number of carbonyl (C=O) groups excluding carboxylic acids is 2. The van der Waals surface area contributed by atoms with Gasteiger partial charge in [0.05, 0.1) is 19.4 Å². The van der Waals surface area contributed by atoms with E-state index in [1.165, 1.54) is 0 Å². The smallest absolute Gasteiger partial charge is 0.320 e. The Labute approximate surface area is 201 Å². The number of anilines is 1. The second-order valence-electron chi connectivity index (χ2n) is 8.83. The van der Waals surface area contributed by atoms with E-state index in [0.717, 1.165) is 61.5 Å². The van der Waals surface area contributed by atoms with Gasteiger partial charge in [0.2, 0.25) is 0 Å². The molecule has 0 spiro atoms. The Morgan fingerprint density at radius 1 is 1.03 bits per heavy atom. The number of amides is 1. The maximum atomic E-state index is 12.8. The van der Waals surface area contributed by atoms with Crippen LogP contribution in [-0.2, 0) is 22.5 Å². The molecule has 1 amide bonds. The van der Waals surface area contributed by atoms with Crippen molar-refractivity contribution in [3.8, 4) is 0 Å². The first-order valence-electron chi connectivity index (χ1n) is 11.9. The molecule has 1 fully saturated rings. The SMILES string of the molecule is CCOC(=O)CN1CCc2cc(C(=O)Nc3ccc(/C=N/N4CCN(C)CC4)cc3)ccc2C1. The van der Waals surface area contributed by atoms with Crippen molar-refractivity contribution in [2.75, 3.05) is 58.2 Å². The summed E-state index contributed by atoms with van der Waals surface area (Å²) in [4.78, 5) is 28.9. The lowest BCUT2D eigenvalue weighted by Gasteiger charge is -2.30. The normalized spacial score (nSPS) is 16.9. The van der Waals surface area contributed by atoms with Gasteiger partial charge in [-0.1, -0.05) is 18.2 Å². The number of likely N-dealkylation sites (N-methyl/N-ethyl adjacent to an activating group) is 1. The fourth-order valence-electron chi connectivity index (χ4n) is 4.19. The summed E-state index contributed by atoms with van der Waals surface area (Å²) in [5.41, 5.74) is 4.69. The van der Waals surface area contributed by atoms with Crippen LogP contribution in [0.4, 0.5) is 5.69 Å². The number of rotatable bonds is 7. The molecule has 0 unspecified atom stereocenters. The number of hydrazone groups is 1. The summed E-state index contributed by atoms with van der Waals surface area (Å²) >= 11 is 0. The van der Waals surface area contributed by atoms with Crippen molar-refractivity contribution in [2.45, 2.75) is 19.9 Å². The highest BCUT2D eigenvalue weighted by Crippen LogP contribution is 2.21. The second-order valence-corrected chi connectivity index (χ2v) is 8.83. The maximum absolute atomic E-state index is 12.8. The fourth-order valence-corrected chi connectivity index (χ4v) is 4.19. The zero-order chi connectivity index (χ0) is 23.9. The quantitative estimate of drug-likeness (QED) is 0.502. The summed E-state index contributed by atoms with van der Waals surface area (Å²) in [7, 11) is 2.13. The molecule has 1 N–H and O–H groups in total. The van der Waals surface area contributed by atoms with Crippen LogP contribution in [-0.4, -0.2) is 85.8 Å². The van der Waals surface area contributed by atoms with Crippen molar-refractivity contribution < 1.29 is 14.3 Å². The van der Waals surface area contributed by atoms with Crippen LogP contribution in [0.3, 0.4) is 0 Å². The molecule has 2 aromatic rings. The van der Waals surface area contributed by atoms with E-state index in [1.807, 2.05) is 55.6 Å². The van der Waals surface area contributed by atoms with E-state index in [0.29, 0.717) is 25.3 Å². The average molecular weight is 464 g/mol. The van der Waals surface area contributed by atoms with Crippen molar-refractivity contribution >= 4 is 23.8 Å². The average Bonchev–Trinajstić information content (AvgIpc) is 2.84. The topological polar surface area (TPSA) is 77.5 Å². The predicted molar refractivity (Wildman–Crippen MR) is 133 cm³/mol. The summed E-state index contributed by atoms with van der Waals surface area (Å²) < 4.78 is 5.05. The van der Waals surface area contributed by atoms with Crippen molar-refractivity contribution in [2.24, 2.45) is 5.10 Å². The molecule has 0 aromatic heterocycles. The summed E-state index contributed by atoms with van der Waals surface area (Å²) in [5.74, 6) is -0.325. The lowest BCUT2D eigenvalue weighted by molar-refractivity contribution is -0.144. The Hall–Kier alpha value is -3.23. The van der Waals surface area contributed by atoms with Crippen molar-refractivity contribution in [3.63, 3.8) is 0 Å². The Bertz CT molecular complexity index is 1030. The summed E-state index contributed by atoms with van der Waals surface area (Å²) in [6.45, 7) is 7.89. The Morgan fingerprint density at radius 2 is 1.79 bits per heavy atom. The molecule has 8 nitrogen and oxygen atoms in total. The number of fused-ring (bicyclic) bond motifs is 1. The Balaban J connectivity index is 1.31. The van der Waals surface area contributed by atoms with Gasteiger partial charge in [-0.15, -0.1) is 0 Å². The molecule has 2 heterocycles. The highest BCUT2D eigenvalue weighted by atomic mass is 16.5. The van der Waals surface area contributed by atoms with Crippen LogP contribution >= 0.6 is 0 Å². The highest BCUT2D eigenvalue weighted by Gasteiger charge is 2.20. The zero-order valence-electron chi connectivity index (χ0n) is 20.0. The van der Waals surface area contributed by atoms with E-state index in [4.69, 9.17) is 4.74 Å². The van der Waals surface area contributed by atoms with Gasteiger partial charge in [-0.05, 0) is 61.3 Å². The Morgan fingerprint density at radius 3 is 2.53 bits per heavy atom. The van der Waals surface area contributed by atoms with Gasteiger partial charge in [0.1, 0.15) is 0 Å². The van der Waals surface area contributed by atoms with Gasteiger partial charge < -0.3 is 15.0 Å². The molecule has 0 aliphatic carbocycles. The number of nitrogens with one attached hydrogen (secondary N) is 1. The minimum Gasteiger partial charge on any atom is -0.465 e. The molecule has 0 atom stereocenters. The molecule has 1 saturated heterocycles. The lowest BCUT2D eigenvalue weighted by Crippen LogP contribution is -2.41. The van der Waals surface area contributed by atoms with Gasteiger partial charge in [-0.2, -0.15) is 5.10 Å². The predicted octanol–water partition coefficient (Wildman–Crippen LogP) is 2.44. The van der Waals surface area contributed by atoms with Gasteiger partial charge in [0.15, 0.2) is 0 Å². The molecule has 0 bridgehead atoms. The molecule has 2 aliphatic rings. The summed E-state index contributed by atoms with van der Waals surface area (Å²) in [6.07, 6.45) is 2.67. The third kappa shape index (κ3) is 6.42. The summed E-state index contributed by atoms with van der Waals surface area (Å²) in [6, 6.07) is 13.5. The van der Waals surface area contributed by atoms with Crippen LogP contribution < -0.4 is 5.32 Å². The van der Waals surface area contributed by atoms with E-state index in [-0.39, 0.29) is 11.9 Å². The fraction of sp³-hybridized carbons (Fsp3) is 0.423. The largest absolute Gasteiger partial charge is 0.465 e. The molecule has 180 valence electrons. The second kappa shape index (κ2) is 11.3. The van der Waals surface area contributed by atoms with E-state index in [9.17, 15) is 9.59 Å². The van der Waals surface area contributed by atoms with Crippen molar-refractivity contribution in [1.29, 1.82) is 0 Å². The van der Waals surface area contributed by atoms with Crippen molar-refractivity contribution in [3.05, 3.63) is 64.7 Å². The third-order valence-corrected chi connectivity index (χ3v) is 6.24. The maximum Gasteiger partial charge on any atom is 0.320 e. The number of hydrogen-bond donors (Lipinski definition) is 1. The van der Waals surface area contributed by atoms with Crippen LogP contribution in [0.25, 0.3) is 0 Å². The lowest BCUT2D eigenvalue weighted by atomic mass is 9.97. The van der Waals surface area contributed by atoms with Crippen LogP contribution in [0.15, 0.2) is 47.6 Å². The molecule has 2 aliphatic heterocycles. The number of benzene rings is 2.